The van der Waals surface area contributed by atoms with E-state index in [1.54, 1.807) is 13.8 Å². The molecule has 0 spiro atoms. The SMILES string of the molecule is Cc1noc(C)c1S(=O)(=O)NC1CCCC1C(N)=NO. The Hall–Kier alpha value is -1.61. The molecule has 20 heavy (non-hydrogen) atoms. The fraction of sp³-hybridized carbons (Fsp3) is 0.636. The summed E-state index contributed by atoms with van der Waals surface area (Å²) in [5, 5.41) is 15.4. The highest BCUT2D eigenvalue weighted by atomic mass is 32.2. The van der Waals surface area contributed by atoms with Gasteiger partial charge in [-0.05, 0) is 26.7 Å². The van der Waals surface area contributed by atoms with E-state index in [-0.39, 0.29) is 28.5 Å². The molecular formula is C11H18N4O4S. The molecule has 0 bridgehead atoms. The van der Waals surface area contributed by atoms with Crippen molar-refractivity contribution in [2.45, 2.75) is 44.0 Å². The number of amidine groups is 1. The van der Waals surface area contributed by atoms with Gasteiger partial charge in [0.2, 0.25) is 10.0 Å². The van der Waals surface area contributed by atoms with Gasteiger partial charge in [-0.2, -0.15) is 0 Å². The predicted octanol–water partition coefficient (Wildman–Crippen LogP) is 0.485. The van der Waals surface area contributed by atoms with Gasteiger partial charge in [-0.3, -0.25) is 0 Å². The van der Waals surface area contributed by atoms with Crippen molar-refractivity contribution in [3.8, 4) is 0 Å². The molecule has 0 aromatic carbocycles. The van der Waals surface area contributed by atoms with E-state index in [0.29, 0.717) is 18.5 Å². The van der Waals surface area contributed by atoms with Crippen molar-refractivity contribution in [1.29, 1.82) is 0 Å². The van der Waals surface area contributed by atoms with Crippen LogP contribution in [0.15, 0.2) is 14.6 Å². The van der Waals surface area contributed by atoms with E-state index < -0.39 is 10.0 Å². The minimum atomic E-state index is -3.73. The van der Waals surface area contributed by atoms with Crippen LogP contribution in [-0.2, 0) is 10.0 Å². The van der Waals surface area contributed by atoms with Crippen LogP contribution in [0.1, 0.15) is 30.7 Å². The highest BCUT2D eigenvalue weighted by Crippen LogP contribution is 2.28. The fourth-order valence-corrected chi connectivity index (χ4v) is 4.29. The van der Waals surface area contributed by atoms with Crippen LogP contribution < -0.4 is 10.5 Å². The Balaban J connectivity index is 2.25. The standard InChI is InChI=1S/C11H18N4O4S/c1-6-10(7(2)19-14-6)20(17,18)15-9-5-3-4-8(9)11(12)13-16/h8-9,15-16H,3-5H2,1-2H3,(H2,12,13). The lowest BCUT2D eigenvalue weighted by Crippen LogP contribution is -2.42. The Labute approximate surface area is 117 Å². The summed E-state index contributed by atoms with van der Waals surface area (Å²) < 4.78 is 32.3. The van der Waals surface area contributed by atoms with Crippen LogP contribution in [0.2, 0.25) is 0 Å². The quantitative estimate of drug-likeness (QED) is 0.321. The molecule has 1 saturated carbocycles. The number of aryl methyl sites for hydroxylation is 2. The Bertz CT molecular complexity index is 603. The molecule has 0 amide bonds. The predicted molar refractivity (Wildman–Crippen MR) is 70.8 cm³/mol. The smallest absolute Gasteiger partial charge is 0.246 e. The first-order valence-corrected chi connectivity index (χ1v) is 7.77. The van der Waals surface area contributed by atoms with Crippen LogP contribution in [0, 0.1) is 19.8 Å². The summed E-state index contributed by atoms with van der Waals surface area (Å²) in [6.07, 6.45) is 2.14. The van der Waals surface area contributed by atoms with E-state index in [1.165, 1.54) is 0 Å². The molecule has 112 valence electrons. The lowest BCUT2D eigenvalue weighted by molar-refractivity contribution is 0.312. The maximum absolute atomic E-state index is 12.4. The van der Waals surface area contributed by atoms with Crippen molar-refractivity contribution in [2.24, 2.45) is 16.8 Å². The summed E-state index contributed by atoms with van der Waals surface area (Å²) in [5.74, 6) is -0.00226. The fourth-order valence-electron chi connectivity index (χ4n) is 2.65. The van der Waals surface area contributed by atoms with Gasteiger partial charge in [-0.1, -0.05) is 16.7 Å². The number of nitrogens with zero attached hydrogens (tertiary/aromatic N) is 2. The van der Waals surface area contributed by atoms with E-state index >= 15 is 0 Å². The third-order valence-corrected chi connectivity index (χ3v) is 5.29. The molecule has 0 aliphatic heterocycles. The topological polar surface area (TPSA) is 131 Å². The van der Waals surface area contributed by atoms with Crippen molar-refractivity contribution in [1.82, 2.24) is 9.88 Å². The molecule has 1 aliphatic carbocycles. The molecule has 9 heteroatoms. The average molecular weight is 302 g/mol. The number of hydrogen-bond donors (Lipinski definition) is 3. The number of sulfonamides is 1. The molecule has 8 nitrogen and oxygen atoms in total. The molecule has 1 aliphatic rings. The summed E-state index contributed by atoms with van der Waals surface area (Å²) in [6.45, 7) is 3.12. The van der Waals surface area contributed by atoms with Crippen LogP contribution in [0.5, 0.6) is 0 Å². The highest BCUT2D eigenvalue weighted by Gasteiger charge is 2.35. The monoisotopic (exact) mass is 302 g/mol. The van der Waals surface area contributed by atoms with Crippen molar-refractivity contribution in [3.05, 3.63) is 11.5 Å². The number of nitrogens with one attached hydrogen (secondary N) is 1. The van der Waals surface area contributed by atoms with Crippen molar-refractivity contribution in [3.63, 3.8) is 0 Å². The summed E-state index contributed by atoms with van der Waals surface area (Å²) in [6, 6.07) is -0.385. The molecule has 1 aromatic rings. The van der Waals surface area contributed by atoms with Crippen LogP contribution >= 0.6 is 0 Å². The number of hydrogen-bond acceptors (Lipinski definition) is 6. The van der Waals surface area contributed by atoms with Gasteiger partial charge in [0.15, 0.2) is 5.76 Å². The van der Waals surface area contributed by atoms with Crippen molar-refractivity contribution < 1.29 is 18.1 Å². The highest BCUT2D eigenvalue weighted by molar-refractivity contribution is 7.89. The second-order valence-electron chi connectivity index (χ2n) is 4.94. The summed E-state index contributed by atoms with van der Waals surface area (Å²) >= 11 is 0. The third-order valence-electron chi connectivity index (χ3n) is 3.55. The first-order valence-electron chi connectivity index (χ1n) is 6.29. The Morgan fingerprint density at radius 3 is 2.75 bits per heavy atom. The first kappa shape index (κ1) is 14.8. The summed E-state index contributed by atoms with van der Waals surface area (Å²) in [7, 11) is -3.73. The Kier molecular flexibility index (Phi) is 4.00. The molecule has 0 saturated heterocycles. The van der Waals surface area contributed by atoms with E-state index in [9.17, 15) is 8.42 Å². The third kappa shape index (κ3) is 2.63. The lowest BCUT2D eigenvalue weighted by Gasteiger charge is -2.19. The second-order valence-corrected chi connectivity index (χ2v) is 6.59. The molecular weight excluding hydrogens is 284 g/mol. The summed E-state index contributed by atoms with van der Waals surface area (Å²) in [5.41, 5.74) is 5.91. The molecule has 1 fully saturated rings. The van der Waals surface area contributed by atoms with Gasteiger partial charge in [-0.25, -0.2) is 13.1 Å². The zero-order valence-electron chi connectivity index (χ0n) is 11.3. The van der Waals surface area contributed by atoms with Crippen LogP contribution in [0.3, 0.4) is 0 Å². The van der Waals surface area contributed by atoms with E-state index in [1.807, 2.05) is 0 Å². The maximum atomic E-state index is 12.4. The largest absolute Gasteiger partial charge is 0.409 e. The Morgan fingerprint density at radius 2 is 2.20 bits per heavy atom. The normalized spacial score (nSPS) is 24.2. The van der Waals surface area contributed by atoms with Gasteiger partial charge in [0.1, 0.15) is 16.4 Å². The molecule has 1 heterocycles. The minimum Gasteiger partial charge on any atom is -0.409 e. The molecule has 4 N–H and O–H groups in total. The first-order chi connectivity index (χ1) is 9.36. The minimum absolute atomic E-state index is 0.0500. The average Bonchev–Trinajstić information content (AvgIpc) is 2.95. The Morgan fingerprint density at radius 1 is 1.50 bits per heavy atom. The number of rotatable bonds is 4. The van der Waals surface area contributed by atoms with E-state index in [2.05, 4.69) is 15.0 Å². The van der Waals surface area contributed by atoms with Gasteiger partial charge < -0.3 is 15.5 Å². The zero-order chi connectivity index (χ0) is 14.9. The molecule has 1 aromatic heterocycles. The van der Waals surface area contributed by atoms with Gasteiger partial charge in [0.25, 0.3) is 0 Å². The van der Waals surface area contributed by atoms with Crippen molar-refractivity contribution in [2.75, 3.05) is 0 Å². The van der Waals surface area contributed by atoms with Gasteiger partial charge in [0.05, 0.1) is 0 Å². The van der Waals surface area contributed by atoms with Crippen LogP contribution in [0.25, 0.3) is 0 Å². The number of nitrogens with two attached hydrogens (primary N) is 1. The zero-order valence-corrected chi connectivity index (χ0v) is 12.1. The van der Waals surface area contributed by atoms with E-state index in [0.717, 1.165) is 6.42 Å². The second kappa shape index (κ2) is 5.41. The van der Waals surface area contributed by atoms with E-state index in [4.69, 9.17) is 15.5 Å². The van der Waals surface area contributed by atoms with Gasteiger partial charge in [0, 0.05) is 12.0 Å². The van der Waals surface area contributed by atoms with Crippen molar-refractivity contribution >= 4 is 15.9 Å². The molecule has 2 atom stereocenters. The molecule has 2 rings (SSSR count). The number of aromatic nitrogens is 1. The molecule has 2 unspecified atom stereocenters. The number of oxime groups is 1. The van der Waals surface area contributed by atoms with Gasteiger partial charge in [-0.15, -0.1) is 0 Å². The van der Waals surface area contributed by atoms with Crippen LogP contribution in [-0.4, -0.2) is 30.7 Å². The molecule has 0 radical (unpaired) electrons. The summed E-state index contributed by atoms with van der Waals surface area (Å²) in [4.78, 5) is 0.0580. The lowest BCUT2D eigenvalue weighted by atomic mass is 10.0. The van der Waals surface area contributed by atoms with Crippen LogP contribution in [0.4, 0.5) is 0 Å². The van der Waals surface area contributed by atoms with Gasteiger partial charge >= 0.3 is 0 Å². The maximum Gasteiger partial charge on any atom is 0.246 e.